The van der Waals surface area contributed by atoms with Crippen LogP contribution in [-0.2, 0) is 19.1 Å². The first-order valence-electron chi connectivity index (χ1n) is 7.19. The summed E-state index contributed by atoms with van der Waals surface area (Å²) in [7, 11) is 4.50. The monoisotopic (exact) mass is 366 g/mol. The highest BCUT2D eigenvalue weighted by molar-refractivity contribution is 7.14. The Morgan fingerprint density at radius 1 is 1.16 bits per heavy atom. The summed E-state index contributed by atoms with van der Waals surface area (Å²) in [6.45, 7) is -0.607. The molecule has 0 atom stereocenters. The number of thiazole rings is 1. The first-order valence-corrected chi connectivity index (χ1v) is 8.07. The lowest BCUT2D eigenvalue weighted by Gasteiger charge is -2.08. The van der Waals surface area contributed by atoms with Gasteiger partial charge in [0.25, 0.3) is 5.91 Å². The van der Waals surface area contributed by atoms with Gasteiger partial charge in [-0.2, -0.15) is 0 Å². The number of carbonyl (C=O) groups excluding carboxylic acids is 2. The molecular formula is C16H18N2O6S. The first kappa shape index (κ1) is 18.7. The highest BCUT2D eigenvalue weighted by Gasteiger charge is 2.14. The molecule has 9 heteroatoms. The minimum Gasteiger partial charge on any atom is -0.497 e. The van der Waals surface area contributed by atoms with E-state index in [1.807, 2.05) is 0 Å². The van der Waals surface area contributed by atoms with E-state index >= 15 is 0 Å². The van der Waals surface area contributed by atoms with Crippen molar-refractivity contribution in [2.75, 3.05) is 39.9 Å². The van der Waals surface area contributed by atoms with E-state index in [9.17, 15) is 9.59 Å². The number of amides is 1. The molecule has 1 heterocycles. The number of hydrogen-bond donors (Lipinski definition) is 1. The van der Waals surface area contributed by atoms with Crippen molar-refractivity contribution in [2.24, 2.45) is 0 Å². The molecule has 134 valence electrons. The highest BCUT2D eigenvalue weighted by atomic mass is 32.1. The van der Waals surface area contributed by atoms with E-state index in [2.05, 4.69) is 15.0 Å². The first-order chi connectivity index (χ1) is 12.1. The Kier molecular flexibility index (Phi) is 6.72. The Balaban J connectivity index is 2.05. The van der Waals surface area contributed by atoms with Gasteiger partial charge in [-0.3, -0.25) is 10.1 Å². The molecule has 0 radical (unpaired) electrons. The summed E-state index contributed by atoms with van der Waals surface area (Å²) in [6, 6.07) is 5.36. The lowest BCUT2D eigenvalue weighted by molar-refractivity contribution is -0.150. The second-order valence-corrected chi connectivity index (χ2v) is 5.60. The third-order valence-electron chi connectivity index (χ3n) is 3.06. The number of aromatic nitrogens is 1. The van der Waals surface area contributed by atoms with Gasteiger partial charge in [0.2, 0.25) is 0 Å². The van der Waals surface area contributed by atoms with Crippen LogP contribution in [0.1, 0.15) is 0 Å². The second kappa shape index (κ2) is 9.00. The molecule has 1 aromatic heterocycles. The van der Waals surface area contributed by atoms with Crippen LogP contribution in [0.15, 0.2) is 23.6 Å². The van der Waals surface area contributed by atoms with E-state index in [1.165, 1.54) is 18.4 Å². The van der Waals surface area contributed by atoms with Crippen molar-refractivity contribution in [1.29, 1.82) is 0 Å². The van der Waals surface area contributed by atoms with Crippen molar-refractivity contribution in [3.8, 4) is 22.8 Å². The summed E-state index contributed by atoms with van der Waals surface area (Å²) in [5, 5.41) is 4.74. The van der Waals surface area contributed by atoms with E-state index < -0.39 is 18.5 Å². The molecule has 0 saturated carbocycles. The Bertz CT molecular complexity index is 746. The van der Waals surface area contributed by atoms with Crippen LogP contribution in [-0.4, -0.2) is 51.4 Å². The predicted octanol–water partition coefficient (Wildman–Crippen LogP) is 1.96. The number of anilines is 1. The third-order valence-corrected chi connectivity index (χ3v) is 3.82. The zero-order valence-corrected chi connectivity index (χ0v) is 14.8. The van der Waals surface area contributed by atoms with Gasteiger partial charge in [0.05, 0.1) is 19.9 Å². The summed E-state index contributed by atoms with van der Waals surface area (Å²) < 4.78 is 19.9. The van der Waals surface area contributed by atoms with E-state index in [0.717, 1.165) is 5.56 Å². The van der Waals surface area contributed by atoms with Gasteiger partial charge in [-0.15, -0.1) is 11.3 Å². The molecule has 0 spiro atoms. The Hall–Kier alpha value is -2.65. The topological polar surface area (TPSA) is 96.0 Å². The number of nitrogens with one attached hydrogen (secondary N) is 1. The molecule has 0 aliphatic rings. The van der Waals surface area contributed by atoms with Gasteiger partial charge in [0.1, 0.15) is 18.1 Å². The summed E-state index contributed by atoms with van der Waals surface area (Å²) >= 11 is 1.25. The van der Waals surface area contributed by atoms with Crippen molar-refractivity contribution in [2.45, 2.75) is 0 Å². The maximum Gasteiger partial charge on any atom is 0.332 e. The number of esters is 1. The minimum absolute atomic E-state index is 0.204. The van der Waals surface area contributed by atoms with Crippen LogP contribution in [0.25, 0.3) is 11.3 Å². The maximum atomic E-state index is 11.8. The normalized spacial score (nSPS) is 10.2. The molecule has 1 N–H and O–H groups in total. The summed E-state index contributed by atoms with van der Waals surface area (Å²) in [6.07, 6.45) is 0. The number of ether oxygens (including phenoxy) is 4. The van der Waals surface area contributed by atoms with Gasteiger partial charge in [-0.1, -0.05) is 0 Å². The quantitative estimate of drug-likeness (QED) is 0.713. The zero-order chi connectivity index (χ0) is 18.2. The highest BCUT2D eigenvalue weighted by Crippen LogP contribution is 2.34. The third kappa shape index (κ3) is 5.16. The van der Waals surface area contributed by atoms with Crippen molar-refractivity contribution >= 4 is 28.3 Å². The molecule has 0 aliphatic heterocycles. The minimum atomic E-state index is -0.612. The molecule has 2 rings (SSSR count). The lowest BCUT2D eigenvalue weighted by Crippen LogP contribution is -2.22. The molecule has 1 amide bonds. The fraction of sp³-hybridized carbons (Fsp3) is 0.312. The average molecular weight is 366 g/mol. The van der Waals surface area contributed by atoms with Crippen LogP contribution in [0, 0.1) is 0 Å². The van der Waals surface area contributed by atoms with Crippen molar-refractivity contribution in [1.82, 2.24) is 4.98 Å². The van der Waals surface area contributed by atoms with Crippen molar-refractivity contribution in [3.05, 3.63) is 23.6 Å². The van der Waals surface area contributed by atoms with Crippen LogP contribution in [0.2, 0.25) is 0 Å². The molecule has 0 saturated heterocycles. The van der Waals surface area contributed by atoms with E-state index in [1.54, 1.807) is 37.8 Å². The standard InChI is InChI=1S/C16H18N2O6S/c1-21-8-15(20)24-7-14(19)18-16-17-12(9-25-16)11-6-10(22-2)4-5-13(11)23-3/h4-6,9H,7-8H2,1-3H3,(H,17,18,19). The molecule has 0 unspecified atom stereocenters. The number of carbonyl (C=O) groups is 2. The summed E-state index contributed by atoms with van der Waals surface area (Å²) in [5.41, 5.74) is 1.37. The molecule has 25 heavy (non-hydrogen) atoms. The SMILES string of the molecule is COCC(=O)OCC(=O)Nc1nc(-c2cc(OC)ccc2OC)cs1. The van der Waals surface area contributed by atoms with Gasteiger partial charge >= 0.3 is 5.97 Å². The van der Waals surface area contributed by atoms with Crippen LogP contribution in [0.3, 0.4) is 0 Å². The molecule has 0 fully saturated rings. The van der Waals surface area contributed by atoms with Crippen molar-refractivity contribution in [3.63, 3.8) is 0 Å². The van der Waals surface area contributed by atoms with Gasteiger partial charge in [-0.05, 0) is 18.2 Å². The number of rotatable bonds is 8. The average Bonchev–Trinajstić information content (AvgIpc) is 3.08. The fourth-order valence-electron chi connectivity index (χ4n) is 1.93. The molecule has 2 aromatic rings. The molecule has 0 aliphatic carbocycles. The molecular weight excluding hydrogens is 348 g/mol. The second-order valence-electron chi connectivity index (χ2n) is 4.75. The lowest BCUT2D eigenvalue weighted by atomic mass is 10.1. The largest absolute Gasteiger partial charge is 0.497 e. The zero-order valence-electron chi connectivity index (χ0n) is 14.0. The fourth-order valence-corrected chi connectivity index (χ4v) is 2.66. The smallest absolute Gasteiger partial charge is 0.332 e. The van der Waals surface area contributed by atoms with Gasteiger partial charge in [-0.25, -0.2) is 9.78 Å². The van der Waals surface area contributed by atoms with E-state index in [0.29, 0.717) is 22.3 Å². The predicted molar refractivity (Wildman–Crippen MR) is 92.1 cm³/mol. The summed E-state index contributed by atoms with van der Waals surface area (Å²) in [5.74, 6) is 0.207. The number of methoxy groups -OCH3 is 3. The molecule has 1 aromatic carbocycles. The maximum absolute atomic E-state index is 11.8. The van der Waals surface area contributed by atoms with Gasteiger partial charge in [0.15, 0.2) is 11.7 Å². The van der Waals surface area contributed by atoms with Crippen LogP contribution in [0.4, 0.5) is 5.13 Å². The number of nitrogens with zero attached hydrogens (tertiary/aromatic N) is 1. The Labute approximate surface area is 148 Å². The van der Waals surface area contributed by atoms with Crippen LogP contribution in [0.5, 0.6) is 11.5 Å². The summed E-state index contributed by atoms with van der Waals surface area (Å²) in [4.78, 5) is 27.3. The van der Waals surface area contributed by atoms with E-state index in [-0.39, 0.29) is 6.61 Å². The molecule has 0 bridgehead atoms. The number of benzene rings is 1. The Morgan fingerprint density at radius 3 is 2.64 bits per heavy atom. The van der Waals surface area contributed by atoms with Crippen LogP contribution >= 0.6 is 11.3 Å². The van der Waals surface area contributed by atoms with E-state index in [4.69, 9.17) is 14.2 Å². The molecule has 8 nitrogen and oxygen atoms in total. The Morgan fingerprint density at radius 2 is 1.96 bits per heavy atom. The van der Waals surface area contributed by atoms with Gasteiger partial charge in [0, 0.05) is 18.1 Å². The van der Waals surface area contributed by atoms with Gasteiger partial charge < -0.3 is 18.9 Å². The van der Waals surface area contributed by atoms with Crippen molar-refractivity contribution < 1.29 is 28.5 Å². The number of hydrogen-bond acceptors (Lipinski definition) is 8. The van der Waals surface area contributed by atoms with Crippen LogP contribution < -0.4 is 14.8 Å².